The number of nitrogens with zero attached hydrogens (tertiary/aromatic N) is 1. The molecule has 0 aliphatic carbocycles. The first kappa shape index (κ1) is 14.3. The second-order valence-electron chi connectivity index (χ2n) is 4.63. The van der Waals surface area contributed by atoms with Gasteiger partial charge in [-0.25, -0.2) is 0 Å². The Balaban J connectivity index is 1.60. The van der Waals surface area contributed by atoms with Crippen LogP contribution in [0.15, 0.2) is 12.1 Å². The topological polar surface area (TPSA) is 24.5 Å². The molecule has 0 aromatic carbocycles. The lowest BCUT2D eigenvalue weighted by atomic mass is 10.2. The molecule has 3 nitrogen and oxygen atoms in total. The van der Waals surface area contributed by atoms with E-state index in [0.717, 1.165) is 43.7 Å². The molecule has 0 amide bonds. The highest BCUT2D eigenvalue weighted by Crippen LogP contribution is 2.26. The van der Waals surface area contributed by atoms with Crippen molar-refractivity contribution >= 4 is 22.9 Å². The first-order chi connectivity index (χ1) is 8.75. The third-order valence-corrected chi connectivity index (χ3v) is 4.64. The van der Waals surface area contributed by atoms with E-state index in [1.165, 1.54) is 11.3 Å². The summed E-state index contributed by atoms with van der Waals surface area (Å²) in [7, 11) is 0. The van der Waals surface area contributed by atoms with E-state index in [2.05, 4.69) is 23.2 Å². The Hall–Kier alpha value is -0.130. The van der Waals surface area contributed by atoms with Crippen molar-refractivity contribution < 1.29 is 4.74 Å². The van der Waals surface area contributed by atoms with Crippen molar-refractivity contribution in [1.82, 2.24) is 10.2 Å². The predicted octanol–water partition coefficient (Wildman–Crippen LogP) is 2.77. The van der Waals surface area contributed by atoms with Crippen LogP contribution in [-0.2, 0) is 4.74 Å². The normalized spacial score (nSPS) is 19.0. The zero-order valence-corrected chi connectivity index (χ0v) is 12.4. The lowest BCUT2D eigenvalue weighted by Gasteiger charge is -2.26. The summed E-state index contributed by atoms with van der Waals surface area (Å²) in [5.74, 6) is 0. The van der Waals surface area contributed by atoms with Crippen LogP contribution in [0.5, 0.6) is 0 Å². The summed E-state index contributed by atoms with van der Waals surface area (Å²) in [6, 6.07) is 4.47. The maximum Gasteiger partial charge on any atom is 0.0931 e. The summed E-state index contributed by atoms with van der Waals surface area (Å²) < 4.78 is 6.20. The maximum atomic E-state index is 5.94. The van der Waals surface area contributed by atoms with E-state index in [0.29, 0.717) is 6.04 Å². The summed E-state index contributed by atoms with van der Waals surface area (Å²) in [6.07, 6.45) is 1.18. The molecule has 0 spiro atoms. The monoisotopic (exact) mass is 288 g/mol. The highest BCUT2D eigenvalue weighted by molar-refractivity contribution is 7.16. The van der Waals surface area contributed by atoms with Gasteiger partial charge in [0, 0.05) is 24.0 Å². The third-order valence-electron chi connectivity index (χ3n) is 3.23. The molecule has 2 heterocycles. The van der Waals surface area contributed by atoms with Gasteiger partial charge < -0.3 is 10.1 Å². The van der Waals surface area contributed by atoms with Gasteiger partial charge in [0.2, 0.25) is 0 Å². The Morgan fingerprint density at radius 3 is 2.89 bits per heavy atom. The van der Waals surface area contributed by atoms with Gasteiger partial charge in [0.1, 0.15) is 0 Å². The summed E-state index contributed by atoms with van der Waals surface area (Å²) in [5.41, 5.74) is 0. The van der Waals surface area contributed by atoms with Gasteiger partial charge in [-0.05, 0) is 38.6 Å². The van der Waals surface area contributed by atoms with Gasteiger partial charge in [0.15, 0.2) is 0 Å². The molecule has 1 aromatic heterocycles. The van der Waals surface area contributed by atoms with Gasteiger partial charge in [-0.1, -0.05) is 11.6 Å². The number of thiophene rings is 1. The van der Waals surface area contributed by atoms with Crippen LogP contribution in [0, 0.1) is 0 Å². The number of hydrogen-bond donors (Lipinski definition) is 1. The lowest BCUT2D eigenvalue weighted by molar-refractivity contribution is 0.0374. The number of halogens is 1. The van der Waals surface area contributed by atoms with E-state index in [9.17, 15) is 0 Å². The van der Waals surface area contributed by atoms with Crippen LogP contribution in [0.3, 0.4) is 0 Å². The average Bonchev–Trinajstić information content (AvgIpc) is 2.82. The van der Waals surface area contributed by atoms with Crippen molar-refractivity contribution in [2.75, 3.05) is 39.4 Å². The molecule has 1 saturated heterocycles. The predicted molar refractivity (Wildman–Crippen MR) is 77.6 cm³/mol. The molecule has 1 unspecified atom stereocenters. The minimum atomic E-state index is 0.396. The molecular weight excluding hydrogens is 268 g/mol. The number of nitrogens with one attached hydrogen (secondary N) is 1. The fourth-order valence-corrected chi connectivity index (χ4v) is 3.20. The quantitative estimate of drug-likeness (QED) is 0.815. The Morgan fingerprint density at radius 1 is 1.44 bits per heavy atom. The Morgan fingerprint density at radius 2 is 2.22 bits per heavy atom. The van der Waals surface area contributed by atoms with Gasteiger partial charge in [-0.15, -0.1) is 11.3 Å². The van der Waals surface area contributed by atoms with Gasteiger partial charge in [0.05, 0.1) is 17.6 Å². The maximum absolute atomic E-state index is 5.94. The Labute approximate surface area is 118 Å². The first-order valence-electron chi connectivity index (χ1n) is 6.54. The van der Waals surface area contributed by atoms with Crippen molar-refractivity contribution in [3.8, 4) is 0 Å². The van der Waals surface area contributed by atoms with Crippen LogP contribution in [-0.4, -0.2) is 44.3 Å². The molecule has 1 aliphatic heterocycles. The highest BCUT2D eigenvalue weighted by atomic mass is 35.5. The fraction of sp³-hybridized carbons (Fsp3) is 0.692. The molecule has 2 rings (SSSR count). The smallest absolute Gasteiger partial charge is 0.0931 e. The SMILES string of the molecule is CC(NCCCN1CCOCC1)c1ccc(Cl)s1. The number of hydrogen-bond acceptors (Lipinski definition) is 4. The zero-order chi connectivity index (χ0) is 12.8. The molecule has 1 aromatic rings. The van der Waals surface area contributed by atoms with Crippen molar-refractivity contribution in [3.63, 3.8) is 0 Å². The van der Waals surface area contributed by atoms with Crippen molar-refractivity contribution in [3.05, 3.63) is 21.3 Å². The van der Waals surface area contributed by atoms with Gasteiger partial charge in [-0.3, -0.25) is 4.90 Å². The van der Waals surface area contributed by atoms with Crippen LogP contribution >= 0.6 is 22.9 Å². The van der Waals surface area contributed by atoms with Crippen LogP contribution in [0.1, 0.15) is 24.3 Å². The molecule has 0 radical (unpaired) electrons. The molecule has 1 aliphatic rings. The van der Waals surface area contributed by atoms with E-state index in [4.69, 9.17) is 16.3 Å². The Kier molecular flexibility index (Phi) is 5.92. The number of morpholine rings is 1. The molecule has 5 heteroatoms. The molecule has 102 valence electrons. The molecule has 0 saturated carbocycles. The minimum absolute atomic E-state index is 0.396. The van der Waals surface area contributed by atoms with Gasteiger partial charge >= 0.3 is 0 Å². The highest BCUT2D eigenvalue weighted by Gasteiger charge is 2.10. The summed E-state index contributed by atoms with van der Waals surface area (Å²) in [6.45, 7) is 8.33. The molecule has 1 N–H and O–H groups in total. The van der Waals surface area contributed by atoms with Crippen molar-refractivity contribution in [2.45, 2.75) is 19.4 Å². The van der Waals surface area contributed by atoms with E-state index < -0.39 is 0 Å². The van der Waals surface area contributed by atoms with E-state index in [-0.39, 0.29) is 0 Å². The van der Waals surface area contributed by atoms with Crippen LogP contribution in [0.4, 0.5) is 0 Å². The summed E-state index contributed by atoms with van der Waals surface area (Å²) in [5, 5.41) is 3.55. The molecule has 0 bridgehead atoms. The second-order valence-corrected chi connectivity index (χ2v) is 6.37. The van der Waals surface area contributed by atoms with Crippen LogP contribution < -0.4 is 5.32 Å². The second kappa shape index (κ2) is 7.46. The van der Waals surface area contributed by atoms with Crippen LogP contribution in [0.25, 0.3) is 0 Å². The van der Waals surface area contributed by atoms with E-state index in [1.54, 1.807) is 11.3 Å². The van der Waals surface area contributed by atoms with Gasteiger partial charge in [-0.2, -0.15) is 0 Å². The summed E-state index contributed by atoms with van der Waals surface area (Å²) >= 11 is 7.60. The molecule has 18 heavy (non-hydrogen) atoms. The molecular formula is C13H21ClN2OS. The largest absolute Gasteiger partial charge is 0.379 e. The van der Waals surface area contributed by atoms with E-state index in [1.807, 2.05) is 6.07 Å². The number of rotatable bonds is 6. The number of ether oxygens (including phenoxy) is 1. The molecule has 1 atom stereocenters. The lowest BCUT2D eigenvalue weighted by Crippen LogP contribution is -2.37. The molecule has 1 fully saturated rings. The minimum Gasteiger partial charge on any atom is -0.379 e. The third kappa shape index (κ3) is 4.52. The van der Waals surface area contributed by atoms with E-state index >= 15 is 0 Å². The fourth-order valence-electron chi connectivity index (χ4n) is 2.11. The summed E-state index contributed by atoms with van der Waals surface area (Å²) in [4.78, 5) is 3.78. The van der Waals surface area contributed by atoms with Gasteiger partial charge in [0.25, 0.3) is 0 Å². The standard InChI is InChI=1S/C13H21ClN2OS/c1-11(12-3-4-13(14)18-12)15-5-2-6-16-7-9-17-10-8-16/h3-4,11,15H,2,5-10H2,1H3. The van der Waals surface area contributed by atoms with Crippen molar-refractivity contribution in [1.29, 1.82) is 0 Å². The Bertz CT molecular complexity index is 353. The van der Waals surface area contributed by atoms with Crippen LogP contribution in [0.2, 0.25) is 4.34 Å². The zero-order valence-electron chi connectivity index (χ0n) is 10.8. The van der Waals surface area contributed by atoms with Crippen molar-refractivity contribution in [2.24, 2.45) is 0 Å². The average molecular weight is 289 g/mol. The first-order valence-corrected chi connectivity index (χ1v) is 7.74.